The molecule has 0 spiro atoms. The summed E-state index contributed by atoms with van der Waals surface area (Å²) in [6.45, 7) is 0.737. The predicted molar refractivity (Wildman–Crippen MR) is 46.6 cm³/mol. The second-order valence-corrected chi connectivity index (χ2v) is 4.60. The average molecular weight is 242 g/mol. The maximum absolute atomic E-state index is 12.1. The molecule has 86 valence electrons. The van der Waals surface area contributed by atoms with Gasteiger partial charge in [-0.25, -0.2) is 8.42 Å². The number of aromatic nitrogens is 1. The maximum Gasteiger partial charge on any atom is 0.404 e. The van der Waals surface area contributed by atoms with Crippen molar-refractivity contribution in [3.8, 4) is 0 Å². The van der Waals surface area contributed by atoms with Crippen molar-refractivity contribution in [3.05, 3.63) is 18.3 Å². The molecule has 1 heterocycles. The zero-order chi connectivity index (χ0) is 11.7. The van der Waals surface area contributed by atoms with Gasteiger partial charge in [0.25, 0.3) is 10.0 Å². The molecule has 2 N–H and O–H groups in total. The summed E-state index contributed by atoms with van der Waals surface area (Å²) in [4.78, 5) is 2.32. The Hall–Kier alpha value is -1.02. The highest BCUT2D eigenvalue weighted by atomic mass is 32.2. The zero-order valence-electron chi connectivity index (χ0n) is 7.67. The first kappa shape index (κ1) is 12.1. The summed E-state index contributed by atoms with van der Waals surface area (Å²) >= 11 is 0. The third-order valence-electron chi connectivity index (χ3n) is 1.68. The van der Waals surface area contributed by atoms with Gasteiger partial charge in [-0.05, 0) is 19.1 Å². The van der Waals surface area contributed by atoms with E-state index in [1.54, 1.807) is 0 Å². The normalized spacial score (nSPS) is 15.2. The molecule has 1 aromatic heterocycles. The molecule has 0 saturated heterocycles. The number of halogens is 3. The van der Waals surface area contributed by atoms with Crippen molar-refractivity contribution in [1.82, 2.24) is 9.71 Å². The van der Waals surface area contributed by atoms with Crippen LogP contribution in [-0.2, 0) is 10.0 Å². The van der Waals surface area contributed by atoms with Gasteiger partial charge in [-0.1, -0.05) is 0 Å². The number of nitrogens with one attached hydrogen (secondary N) is 2. The maximum atomic E-state index is 12.1. The van der Waals surface area contributed by atoms with E-state index in [-0.39, 0.29) is 5.03 Å². The molecule has 0 radical (unpaired) electrons. The summed E-state index contributed by atoms with van der Waals surface area (Å²) in [6, 6.07) is 0.434. The van der Waals surface area contributed by atoms with Crippen LogP contribution in [0.15, 0.2) is 23.4 Å². The van der Waals surface area contributed by atoms with E-state index in [0.29, 0.717) is 0 Å². The van der Waals surface area contributed by atoms with E-state index in [4.69, 9.17) is 0 Å². The van der Waals surface area contributed by atoms with E-state index >= 15 is 0 Å². The number of aromatic amines is 1. The SMILES string of the molecule is CC(NS(=O)(=O)c1ccc[nH]1)C(F)(F)F. The monoisotopic (exact) mass is 242 g/mol. The number of sulfonamides is 1. The van der Waals surface area contributed by atoms with E-state index in [1.807, 2.05) is 0 Å². The number of H-pyrrole nitrogens is 1. The molecule has 0 fully saturated rings. The molecule has 0 bridgehead atoms. The van der Waals surface area contributed by atoms with Crippen molar-refractivity contribution in [2.45, 2.75) is 24.2 Å². The van der Waals surface area contributed by atoms with Gasteiger partial charge in [-0.15, -0.1) is 0 Å². The fraction of sp³-hybridized carbons (Fsp3) is 0.429. The van der Waals surface area contributed by atoms with Crippen LogP contribution >= 0.6 is 0 Å². The third-order valence-corrected chi connectivity index (χ3v) is 3.18. The van der Waals surface area contributed by atoms with Crippen molar-refractivity contribution in [2.24, 2.45) is 0 Å². The highest BCUT2D eigenvalue weighted by Gasteiger charge is 2.38. The van der Waals surface area contributed by atoms with Crippen LogP contribution in [0.2, 0.25) is 0 Å². The van der Waals surface area contributed by atoms with E-state index in [0.717, 1.165) is 6.92 Å². The molecule has 1 rings (SSSR count). The van der Waals surface area contributed by atoms with E-state index < -0.39 is 22.2 Å². The number of alkyl halides is 3. The number of hydrogen-bond donors (Lipinski definition) is 2. The Morgan fingerprint density at radius 2 is 2.07 bits per heavy atom. The van der Waals surface area contributed by atoms with Crippen LogP contribution in [0.1, 0.15) is 6.92 Å². The largest absolute Gasteiger partial charge is 0.404 e. The first-order chi connectivity index (χ1) is 6.73. The topological polar surface area (TPSA) is 62.0 Å². The van der Waals surface area contributed by atoms with Gasteiger partial charge in [0, 0.05) is 6.20 Å². The van der Waals surface area contributed by atoms with Crippen LogP contribution < -0.4 is 4.72 Å². The van der Waals surface area contributed by atoms with Gasteiger partial charge in [-0.3, -0.25) is 0 Å². The lowest BCUT2D eigenvalue weighted by molar-refractivity contribution is -0.147. The zero-order valence-corrected chi connectivity index (χ0v) is 8.48. The van der Waals surface area contributed by atoms with Crippen molar-refractivity contribution in [1.29, 1.82) is 0 Å². The van der Waals surface area contributed by atoms with Gasteiger partial charge in [0.15, 0.2) is 0 Å². The van der Waals surface area contributed by atoms with Crippen molar-refractivity contribution >= 4 is 10.0 Å². The molecule has 0 amide bonds. The van der Waals surface area contributed by atoms with Crippen LogP contribution in [0.3, 0.4) is 0 Å². The van der Waals surface area contributed by atoms with E-state index in [1.165, 1.54) is 23.1 Å². The van der Waals surface area contributed by atoms with Crippen LogP contribution in [-0.4, -0.2) is 25.6 Å². The Kier molecular flexibility index (Phi) is 3.10. The molecule has 0 aliphatic heterocycles. The molecular formula is C7H9F3N2O2S. The van der Waals surface area contributed by atoms with Gasteiger partial charge in [-0.2, -0.15) is 17.9 Å². The molecule has 4 nitrogen and oxygen atoms in total. The van der Waals surface area contributed by atoms with Gasteiger partial charge < -0.3 is 4.98 Å². The first-order valence-electron chi connectivity index (χ1n) is 3.96. The third kappa shape index (κ3) is 2.96. The highest BCUT2D eigenvalue weighted by molar-refractivity contribution is 7.89. The van der Waals surface area contributed by atoms with Gasteiger partial charge in [0.05, 0.1) is 0 Å². The Labute approximate surface area is 84.5 Å². The second kappa shape index (κ2) is 3.86. The molecule has 0 saturated carbocycles. The first-order valence-corrected chi connectivity index (χ1v) is 5.44. The summed E-state index contributed by atoms with van der Waals surface area (Å²) in [7, 11) is -4.12. The van der Waals surface area contributed by atoms with Gasteiger partial charge in [0.1, 0.15) is 11.1 Å². The average Bonchev–Trinajstić information content (AvgIpc) is 2.52. The number of hydrogen-bond acceptors (Lipinski definition) is 2. The Bertz CT molecular complexity index is 410. The molecular weight excluding hydrogens is 233 g/mol. The molecule has 1 unspecified atom stereocenters. The van der Waals surface area contributed by atoms with Crippen molar-refractivity contribution in [2.75, 3.05) is 0 Å². The Morgan fingerprint density at radius 1 is 1.47 bits per heavy atom. The molecule has 0 aliphatic carbocycles. The fourth-order valence-electron chi connectivity index (χ4n) is 0.844. The number of rotatable bonds is 3. The lowest BCUT2D eigenvalue weighted by Crippen LogP contribution is -2.43. The van der Waals surface area contributed by atoms with Crippen LogP contribution in [0.4, 0.5) is 13.2 Å². The lowest BCUT2D eigenvalue weighted by Gasteiger charge is -2.16. The summed E-state index contributed by atoms with van der Waals surface area (Å²) < 4.78 is 60.4. The Balaban J connectivity index is 2.84. The minimum absolute atomic E-state index is 0.293. The minimum atomic E-state index is -4.60. The highest BCUT2D eigenvalue weighted by Crippen LogP contribution is 2.21. The second-order valence-electron chi connectivity index (χ2n) is 2.92. The Morgan fingerprint density at radius 3 is 2.47 bits per heavy atom. The molecule has 0 aromatic carbocycles. The fourth-order valence-corrected chi connectivity index (χ4v) is 2.05. The lowest BCUT2D eigenvalue weighted by atomic mass is 10.4. The smallest absolute Gasteiger partial charge is 0.351 e. The predicted octanol–water partition coefficient (Wildman–Crippen LogP) is 1.24. The molecule has 0 aliphatic rings. The van der Waals surface area contributed by atoms with Crippen molar-refractivity contribution < 1.29 is 21.6 Å². The summed E-state index contributed by atoms with van der Waals surface area (Å²) in [5, 5.41) is -0.293. The van der Waals surface area contributed by atoms with E-state index in [9.17, 15) is 21.6 Å². The molecule has 15 heavy (non-hydrogen) atoms. The molecule has 1 aromatic rings. The quantitative estimate of drug-likeness (QED) is 0.837. The summed E-state index contributed by atoms with van der Waals surface area (Å²) in [5.41, 5.74) is 0. The van der Waals surface area contributed by atoms with Gasteiger partial charge in [0.2, 0.25) is 0 Å². The van der Waals surface area contributed by atoms with Crippen LogP contribution in [0, 0.1) is 0 Å². The molecule has 1 atom stereocenters. The van der Waals surface area contributed by atoms with E-state index in [2.05, 4.69) is 4.98 Å². The summed E-state index contributed by atoms with van der Waals surface area (Å²) in [6.07, 6.45) is -3.29. The van der Waals surface area contributed by atoms with Gasteiger partial charge >= 0.3 is 6.18 Å². The van der Waals surface area contributed by atoms with Crippen LogP contribution in [0.5, 0.6) is 0 Å². The summed E-state index contributed by atoms with van der Waals surface area (Å²) in [5.74, 6) is 0. The van der Waals surface area contributed by atoms with Crippen LogP contribution in [0.25, 0.3) is 0 Å². The van der Waals surface area contributed by atoms with Crippen molar-refractivity contribution in [3.63, 3.8) is 0 Å². The standard InChI is InChI=1S/C7H9F3N2O2S/c1-5(7(8,9)10)12-15(13,14)6-3-2-4-11-6/h2-5,11-12H,1H3. The molecule has 8 heteroatoms. The minimum Gasteiger partial charge on any atom is -0.351 e.